The van der Waals surface area contributed by atoms with Crippen molar-refractivity contribution in [1.29, 1.82) is 0 Å². The van der Waals surface area contributed by atoms with Crippen molar-refractivity contribution in [2.75, 3.05) is 7.11 Å². The van der Waals surface area contributed by atoms with E-state index in [1.165, 1.54) is 18.3 Å². The molecule has 2 aromatic rings. The molecule has 0 aliphatic carbocycles. The molecule has 0 aliphatic heterocycles. The monoisotopic (exact) mass is 323 g/mol. The molecule has 0 saturated heterocycles. The minimum atomic E-state index is -0.605. The Morgan fingerprint density at radius 1 is 1.42 bits per heavy atom. The summed E-state index contributed by atoms with van der Waals surface area (Å²) in [5, 5.41) is 0. The van der Waals surface area contributed by atoms with E-state index in [1.807, 2.05) is 0 Å². The number of benzene rings is 1. The van der Waals surface area contributed by atoms with Crippen molar-refractivity contribution in [2.24, 2.45) is 0 Å². The Kier molecular flexibility index (Phi) is 4.27. The highest BCUT2D eigenvalue weighted by molar-refractivity contribution is 9.10. The molecule has 0 aliphatic rings. The summed E-state index contributed by atoms with van der Waals surface area (Å²) in [6, 6.07) is 7.98. The van der Waals surface area contributed by atoms with Gasteiger partial charge < -0.3 is 4.74 Å². The number of ketones is 1. The summed E-state index contributed by atoms with van der Waals surface area (Å²) >= 11 is 3.36. The third-order valence-corrected chi connectivity index (χ3v) is 3.40. The van der Waals surface area contributed by atoms with Gasteiger partial charge in [0, 0.05) is 17.1 Å². The van der Waals surface area contributed by atoms with E-state index >= 15 is 0 Å². The zero-order chi connectivity index (χ0) is 13.8. The van der Waals surface area contributed by atoms with Gasteiger partial charge in [-0.2, -0.15) is 0 Å². The van der Waals surface area contributed by atoms with Crippen LogP contribution in [-0.2, 0) is 6.42 Å². The van der Waals surface area contributed by atoms with Crippen molar-refractivity contribution < 1.29 is 13.9 Å². The van der Waals surface area contributed by atoms with Gasteiger partial charge in [0.25, 0.3) is 0 Å². The number of carbonyl (C=O) groups is 1. The van der Waals surface area contributed by atoms with Gasteiger partial charge in [0.05, 0.1) is 7.11 Å². The SMILES string of the molecule is COc1ccc(Br)c(CC(=O)c2ncccc2F)c1. The lowest BCUT2D eigenvalue weighted by Crippen LogP contribution is -2.09. The van der Waals surface area contributed by atoms with E-state index in [1.54, 1.807) is 25.3 Å². The number of methoxy groups -OCH3 is 1. The lowest BCUT2D eigenvalue weighted by atomic mass is 10.1. The first-order chi connectivity index (χ1) is 9.11. The molecule has 0 amide bonds. The van der Waals surface area contributed by atoms with Crippen LogP contribution in [0.3, 0.4) is 0 Å². The maximum atomic E-state index is 13.5. The van der Waals surface area contributed by atoms with E-state index in [9.17, 15) is 9.18 Å². The third-order valence-electron chi connectivity index (χ3n) is 2.63. The summed E-state index contributed by atoms with van der Waals surface area (Å²) in [5.41, 5.74) is 0.589. The molecule has 5 heteroatoms. The average Bonchev–Trinajstić information content (AvgIpc) is 2.41. The molecule has 1 aromatic carbocycles. The Labute approximate surface area is 118 Å². The van der Waals surface area contributed by atoms with Crippen molar-refractivity contribution in [3.63, 3.8) is 0 Å². The number of rotatable bonds is 4. The quantitative estimate of drug-likeness (QED) is 0.809. The third kappa shape index (κ3) is 3.17. The van der Waals surface area contributed by atoms with Gasteiger partial charge in [-0.1, -0.05) is 15.9 Å². The predicted octanol–water partition coefficient (Wildman–Crippen LogP) is 3.42. The van der Waals surface area contributed by atoms with Crippen molar-refractivity contribution in [3.8, 4) is 5.75 Å². The summed E-state index contributed by atoms with van der Waals surface area (Å²) < 4.78 is 19.3. The van der Waals surface area contributed by atoms with Crippen LogP contribution in [0.4, 0.5) is 4.39 Å². The van der Waals surface area contributed by atoms with E-state index in [-0.39, 0.29) is 17.9 Å². The second-order valence-corrected chi connectivity index (χ2v) is 4.75. The number of Topliss-reactive ketones (excluding diaryl/α,β-unsaturated/α-hetero) is 1. The Morgan fingerprint density at radius 2 is 2.21 bits per heavy atom. The number of pyridine rings is 1. The first kappa shape index (κ1) is 13.7. The fourth-order valence-electron chi connectivity index (χ4n) is 1.66. The highest BCUT2D eigenvalue weighted by Crippen LogP contribution is 2.24. The van der Waals surface area contributed by atoms with Gasteiger partial charge in [0.2, 0.25) is 0 Å². The lowest BCUT2D eigenvalue weighted by molar-refractivity contribution is 0.0983. The van der Waals surface area contributed by atoms with Crippen LogP contribution in [0.1, 0.15) is 16.1 Å². The molecular weight excluding hydrogens is 313 g/mol. The van der Waals surface area contributed by atoms with E-state index in [0.717, 1.165) is 10.0 Å². The first-order valence-electron chi connectivity index (χ1n) is 5.58. The molecule has 0 bridgehead atoms. The molecule has 2 rings (SSSR count). The highest BCUT2D eigenvalue weighted by atomic mass is 79.9. The summed E-state index contributed by atoms with van der Waals surface area (Å²) in [6.07, 6.45) is 1.46. The molecule has 0 spiro atoms. The fraction of sp³-hybridized carbons (Fsp3) is 0.143. The van der Waals surface area contributed by atoms with E-state index in [4.69, 9.17) is 4.74 Å². The molecule has 0 radical (unpaired) electrons. The molecule has 0 atom stereocenters. The van der Waals surface area contributed by atoms with Gasteiger partial charge in [0.15, 0.2) is 11.6 Å². The van der Waals surface area contributed by atoms with Crippen LogP contribution in [0.2, 0.25) is 0 Å². The molecular formula is C14H11BrFNO2. The number of aromatic nitrogens is 1. The highest BCUT2D eigenvalue weighted by Gasteiger charge is 2.15. The number of hydrogen-bond donors (Lipinski definition) is 0. The molecule has 98 valence electrons. The Bertz CT molecular complexity index is 616. The second kappa shape index (κ2) is 5.93. The maximum absolute atomic E-state index is 13.5. The van der Waals surface area contributed by atoms with Crippen molar-refractivity contribution in [3.05, 3.63) is 58.1 Å². The van der Waals surface area contributed by atoms with Gasteiger partial charge in [-0.15, -0.1) is 0 Å². The number of halogens is 2. The molecule has 3 nitrogen and oxygen atoms in total. The summed E-state index contributed by atoms with van der Waals surface area (Å²) in [6.45, 7) is 0. The minimum absolute atomic E-state index is 0.0612. The fourth-order valence-corrected chi connectivity index (χ4v) is 2.05. The number of ether oxygens (including phenoxy) is 1. The van der Waals surface area contributed by atoms with Gasteiger partial charge in [-0.05, 0) is 35.9 Å². The van der Waals surface area contributed by atoms with Gasteiger partial charge in [-0.25, -0.2) is 4.39 Å². The van der Waals surface area contributed by atoms with Crippen molar-refractivity contribution >= 4 is 21.7 Å². The van der Waals surface area contributed by atoms with Crippen LogP contribution < -0.4 is 4.74 Å². The normalized spacial score (nSPS) is 10.3. The number of carbonyl (C=O) groups excluding carboxylic acids is 1. The molecule has 19 heavy (non-hydrogen) atoms. The van der Waals surface area contributed by atoms with Crippen LogP contribution in [0, 0.1) is 5.82 Å². The van der Waals surface area contributed by atoms with Gasteiger partial charge in [-0.3, -0.25) is 9.78 Å². The number of nitrogens with zero attached hydrogens (tertiary/aromatic N) is 1. The van der Waals surface area contributed by atoms with Crippen LogP contribution in [0.5, 0.6) is 5.75 Å². The Balaban J connectivity index is 2.26. The minimum Gasteiger partial charge on any atom is -0.497 e. The van der Waals surface area contributed by atoms with Crippen LogP contribution in [0.25, 0.3) is 0 Å². The first-order valence-corrected chi connectivity index (χ1v) is 6.37. The van der Waals surface area contributed by atoms with Gasteiger partial charge >= 0.3 is 0 Å². The second-order valence-electron chi connectivity index (χ2n) is 3.89. The average molecular weight is 324 g/mol. The smallest absolute Gasteiger partial charge is 0.188 e. The zero-order valence-corrected chi connectivity index (χ0v) is 11.8. The summed E-state index contributed by atoms with van der Waals surface area (Å²) in [4.78, 5) is 15.8. The summed E-state index contributed by atoms with van der Waals surface area (Å²) in [5.74, 6) is -0.328. The molecule has 0 saturated carbocycles. The molecule has 1 heterocycles. The summed E-state index contributed by atoms with van der Waals surface area (Å²) in [7, 11) is 1.55. The van der Waals surface area contributed by atoms with E-state index in [0.29, 0.717) is 5.75 Å². The van der Waals surface area contributed by atoms with Gasteiger partial charge in [0.1, 0.15) is 11.4 Å². The molecule has 1 aromatic heterocycles. The topological polar surface area (TPSA) is 39.2 Å². The Morgan fingerprint density at radius 3 is 2.89 bits per heavy atom. The molecule has 0 unspecified atom stereocenters. The van der Waals surface area contributed by atoms with Crippen molar-refractivity contribution in [2.45, 2.75) is 6.42 Å². The van der Waals surface area contributed by atoms with E-state index in [2.05, 4.69) is 20.9 Å². The standard InChI is InChI=1S/C14H11BrFNO2/c1-19-10-4-5-11(15)9(7-10)8-13(18)14-12(16)3-2-6-17-14/h2-7H,8H2,1H3. The van der Waals surface area contributed by atoms with Crippen molar-refractivity contribution in [1.82, 2.24) is 4.98 Å². The molecule has 0 fully saturated rings. The van der Waals surface area contributed by atoms with Crippen LogP contribution >= 0.6 is 15.9 Å². The Hall–Kier alpha value is -1.75. The lowest BCUT2D eigenvalue weighted by Gasteiger charge is -2.07. The number of hydrogen-bond acceptors (Lipinski definition) is 3. The predicted molar refractivity (Wildman–Crippen MR) is 72.9 cm³/mol. The maximum Gasteiger partial charge on any atom is 0.188 e. The van der Waals surface area contributed by atoms with Crippen LogP contribution in [0.15, 0.2) is 41.0 Å². The molecule has 0 N–H and O–H groups in total. The van der Waals surface area contributed by atoms with Crippen LogP contribution in [-0.4, -0.2) is 17.9 Å². The largest absolute Gasteiger partial charge is 0.497 e. The van der Waals surface area contributed by atoms with E-state index < -0.39 is 5.82 Å². The zero-order valence-electron chi connectivity index (χ0n) is 10.2.